The number of fused-ring (bicyclic) bond motifs is 1. The minimum absolute atomic E-state index is 0.180. The fourth-order valence-corrected chi connectivity index (χ4v) is 2.16. The van der Waals surface area contributed by atoms with Gasteiger partial charge in [-0.1, -0.05) is 17.9 Å². The Labute approximate surface area is 111 Å². The van der Waals surface area contributed by atoms with Crippen molar-refractivity contribution in [3.63, 3.8) is 0 Å². The van der Waals surface area contributed by atoms with Gasteiger partial charge < -0.3 is 4.57 Å². The van der Waals surface area contributed by atoms with Gasteiger partial charge >= 0.3 is 0 Å². The SMILES string of the molecule is N#Cc1cccc(C#Cc2cc3n(c2)CCC3=O)c1. The van der Waals surface area contributed by atoms with Crippen LogP contribution in [-0.4, -0.2) is 10.4 Å². The van der Waals surface area contributed by atoms with E-state index in [0.717, 1.165) is 23.4 Å². The van der Waals surface area contributed by atoms with Crippen molar-refractivity contribution < 1.29 is 4.79 Å². The first-order chi connectivity index (χ1) is 9.26. The van der Waals surface area contributed by atoms with Crippen LogP contribution in [0.2, 0.25) is 0 Å². The summed E-state index contributed by atoms with van der Waals surface area (Å²) in [6, 6.07) is 11.1. The van der Waals surface area contributed by atoms with Crippen molar-refractivity contribution in [1.82, 2.24) is 4.57 Å². The molecule has 0 spiro atoms. The van der Waals surface area contributed by atoms with E-state index in [1.165, 1.54) is 0 Å². The lowest BCUT2D eigenvalue weighted by Crippen LogP contribution is -1.89. The van der Waals surface area contributed by atoms with Crippen molar-refractivity contribution in [1.29, 1.82) is 5.26 Å². The molecule has 0 saturated heterocycles. The molecule has 2 aromatic rings. The Morgan fingerprint density at radius 3 is 2.68 bits per heavy atom. The first-order valence-electron chi connectivity index (χ1n) is 6.02. The molecule has 0 unspecified atom stereocenters. The van der Waals surface area contributed by atoms with E-state index in [1.807, 2.05) is 29.0 Å². The lowest BCUT2D eigenvalue weighted by atomic mass is 10.1. The molecule has 0 atom stereocenters. The van der Waals surface area contributed by atoms with Crippen LogP contribution in [0, 0.1) is 23.2 Å². The number of carbonyl (C=O) groups excluding carboxylic acids is 1. The summed E-state index contributed by atoms with van der Waals surface area (Å²) in [6.45, 7) is 0.750. The van der Waals surface area contributed by atoms with E-state index < -0.39 is 0 Å². The first kappa shape index (κ1) is 11.3. The Balaban J connectivity index is 1.90. The molecule has 0 radical (unpaired) electrons. The largest absolute Gasteiger partial charge is 0.343 e. The molecule has 0 amide bonds. The van der Waals surface area contributed by atoms with Gasteiger partial charge in [0.05, 0.1) is 17.3 Å². The lowest BCUT2D eigenvalue weighted by molar-refractivity contribution is 0.0994. The highest BCUT2D eigenvalue weighted by Gasteiger charge is 2.19. The standard InChI is InChI=1S/C16H10N2O/c17-10-13-3-1-2-12(8-13)4-5-14-9-15-16(19)6-7-18(15)11-14/h1-3,8-9,11H,6-7H2. The molecule has 1 aromatic carbocycles. The summed E-state index contributed by atoms with van der Waals surface area (Å²) < 4.78 is 1.94. The highest BCUT2D eigenvalue weighted by Crippen LogP contribution is 2.17. The van der Waals surface area contributed by atoms with E-state index >= 15 is 0 Å². The second-order valence-electron chi connectivity index (χ2n) is 4.42. The number of rotatable bonds is 0. The summed E-state index contributed by atoms with van der Waals surface area (Å²) in [7, 11) is 0. The minimum atomic E-state index is 0.180. The number of nitriles is 1. The van der Waals surface area contributed by atoms with Crippen LogP contribution in [0.15, 0.2) is 36.5 Å². The molecule has 3 heteroatoms. The first-order valence-corrected chi connectivity index (χ1v) is 6.02. The third-order valence-corrected chi connectivity index (χ3v) is 3.10. The third kappa shape index (κ3) is 2.14. The van der Waals surface area contributed by atoms with Crippen LogP contribution in [0.4, 0.5) is 0 Å². The molecule has 90 valence electrons. The van der Waals surface area contributed by atoms with E-state index in [-0.39, 0.29) is 5.78 Å². The zero-order valence-electron chi connectivity index (χ0n) is 10.2. The molecular formula is C16H10N2O. The van der Waals surface area contributed by atoms with Crippen molar-refractivity contribution in [2.24, 2.45) is 0 Å². The molecular weight excluding hydrogens is 236 g/mol. The predicted octanol–water partition coefficient (Wildman–Crippen LogP) is 2.35. The summed E-state index contributed by atoms with van der Waals surface area (Å²) in [6.07, 6.45) is 2.49. The average molecular weight is 246 g/mol. The van der Waals surface area contributed by atoms with Gasteiger partial charge in [-0.25, -0.2) is 0 Å². The molecule has 1 aromatic heterocycles. The average Bonchev–Trinajstić information content (AvgIpc) is 2.99. The second kappa shape index (κ2) is 4.48. The fraction of sp³-hybridized carbons (Fsp3) is 0.125. The van der Waals surface area contributed by atoms with Gasteiger partial charge in [-0.2, -0.15) is 5.26 Å². The number of benzene rings is 1. The fourth-order valence-electron chi connectivity index (χ4n) is 2.16. The number of carbonyl (C=O) groups is 1. The topological polar surface area (TPSA) is 45.8 Å². The van der Waals surface area contributed by atoms with E-state index in [1.54, 1.807) is 12.1 Å². The van der Waals surface area contributed by atoms with Crippen LogP contribution in [0.3, 0.4) is 0 Å². The van der Waals surface area contributed by atoms with Gasteiger partial charge in [0.2, 0.25) is 0 Å². The summed E-state index contributed by atoms with van der Waals surface area (Å²) in [5.41, 5.74) is 2.98. The smallest absolute Gasteiger partial charge is 0.181 e. The number of Topliss-reactive ketones (excluding diaryl/α,β-unsaturated/α-hetero) is 1. The molecule has 0 fully saturated rings. The maximum Gasteiger partial charge on any atom is 0.181 e. The van der Waals surface area contributed by atoms with E-state index in [0.29, 0.717) is 12.0 Å². The van der Waals surface area contributed by atoms with Gasteiger partial charge in [-0.05, 0) is 24.3 Å². The van der Waals surface area contributed by atoms with Gasteiger partial charge in [-0.15, -0.1) is 0 Å². The van der Waals surface area contributed by atoms with Gasteiger partial charge in [0.1, 0.15) is 0 Å². The van der Waals surface area contributed by atoms with Crippen molar-refractivity contribution in [2.75, 3.05) is 0 Å². The van der Waals surface area contributed by atoms with Gasteiger partial charge in [0.25, 0.3) is 0 Å². The van der Waals surface area contributed by atoms with Gasteiger partial charge in [0, 0.05) is 30.3 Å². The summed E-state index contributed by atoms with van der Waals surface area (Å²) in [5.74, 6) is 6.22. The zero-order valence-corrected chi connectivity index (χ0v) is 10.2. The summed E-state index contributed by atoms with van der Waals surface area (Å²) in [5, 5.41) is 8.82. The maximum absolute atomic E-state index is 11.5. The predicted molar refractivity (Wildman–Crippen MR) is 70.5 cm³/mol. The van der Waals surface area contributed by atoms with Crippen molar-refractivity contribution in [3.8, 4) is 17.9 Å². The van der Waals surface area contributed by atoms with Crippen LogP contribution >= 0.6 is 0 Å². The van der Waals surface area contributed by atoms with Crippen LogP contribution in [-0.2, 0) is 6.54 Å². The van der Waals surface area contributed by atoms with E-state index in [2.05, 4.69) is 17.9 Å². The monoisotopic (exact) mass is 246 g/mol. The van der Waals surface area contributed by atoms with Gasteiger partial charge in [0.15, 0.2) is 5.78 Å². The zero-order chi connectivity index (χ0) is 13.2. The Hall–Kier alpha value is -2.78. The van der Waals surface area contributed by atoms with Crippen molar-refractivity contribution in [2.45, 2.75) is 13.0 Å². The Morgan fingerprint density at radius 2 is 1.89 bits per heavy atom. The molecule has 2 heterocycles. The number of ketones is 1. The van der Waals surface area contributed by atoms with E-state index in [4.69, 9.17) is 5.26 Å². The normalized spacial score (nSPS) is 12.5. The Bertz CT molecular complexity index is 766. The summed E-state index contributed by atoms with van der Waals surface area (Å²) >= 11 is 0. The van der Waals surface area contributed by atoms with Crippen molar-refractivity contribution >= 4 is 5.78 Å². The third-order valence-electron chi connectivity index (χ3n) is 3.10. The number of hydrogen-bond donors (Lipinski definition) is 0. The summed E-state index contributed by atoms with van der Waals surface area (Å²) in [4.78, 5) is 11.5. The van der Waals surface area contributed by atoms with Gasteiger partial charge in [-0.3, -0.25) is 4.79 Å². The molecule has 0 bridgehead atoms. The highest BCUT2D eigenvalue weighted by molar-refractivity contribution is 5.96. The minimum Gasteiger partial charge on any atom is -0.343 e. The maximum atomic E-state index is 11.5. The van der Waals surface area contributed by atoms with Crippen LogP contribution < -0.4 is 0 Å². The molecule has 19 heavy (non-hydrogen) atoms. The van der Waals surface area contributed by atoms with E-state index in [9.17, 15) is 4.79 Å². The molecule has 0 aliphatic carbocycles. The second-order valence-corrected chi connectivity index (χ2v) is 4.42. The molecule has 0 N–H and O–H groups in total. The lowest BCUT2D eigenvalue weighted by Gasteiger charge is -1.90. The quantitative estimate of drug-likeness (QED) is 0.670. The van der Waals surface area contributed by atoms with Crippen LogP contribution in [0.5, 0.6) is 0 Å². The number of aryl methyl sites for hydroxylation is 1. The molecule has 1 aliphatic heterocycles. The molecule has 3 rings (SSSR count). The number of hydrogen-bond acceptors (Lipinski definition) is 2. The molecule has 0 saturated carbocycles. The van der Waals surface area contributed by atoms with Crippen LogP contribution in [0.25, 0.3) is 0 Å². The number of aromatic nitrogens is 1. The van der Waals surface area contributed by atoms with Crippen LogP contribution in [0.1, 0.15) is 33.6 Å². The Morgan fingerprint density at radius 1 is 1.11 bits per heavy atom. The number of nitrogens with zero attached hydrogens (tertiary/aromatic N) is 2. The van der Waals surface area contributed by atoms with Crippen molar-refractivity contribution in [3.05, 3.63) is 58.9 Å². The molecule has 1 aliphatic rings. The Kier molecular flexibility index (Phi) is 2.67. The molecule has 3 nitrogen and oxygen atoms in total. The highest BCUT2D eigenvalue weighted by atomic mass is 16.1.